The number of likely N-dealkylation sites (tertiary alicyclic amines) is 1. The van der Waals surface area contributed by atoms with Gasteiger partial charge in [0.05, 0.1) is 6.42 Å². The summed E-state index contributed by atoms with van der Waals surface area (Å²) in [6, 6.07) is 6.14. The molecule has 1 aromatic rings. The maximum Gasteiger partial charge on any atom is 0.305 e. The first-order valence-electron chi connectivity index (χ1n) is 6.39. The van der Waals surface area contributed by atoms with Gasteiger partial charge in [0.15, 0.2) is 0 Å². The van der Waals surface area contributed by atoms with Crippen LogP contribution in [0.5, 0.6) is 0 Å². The molecule has 1 saturated heterocycles. The lowest BCUT2D eigenvalue weighted by atomic mass is 9.98. The van der Waals surface area contributed by atoms with Crippen LogP contribution in [0, 0.1) is 5.82 Å². The van der Waals surface area contributed by atoms with Crippen molar-refractivity contribution in [2.45, 2.75) is 31.7 Å². The van der Waals surface area contributed by atoms with Gasteiger partial charge >= 0.3 is 5.97 Å². The molecule has 4 heteroatoms. The molecule has 1 atom stereocenters. The smallest absolute Gasteiger partial charge is 0.305 e. The van der Waals surface area contributed by atoms with Crippen molar-refractivity contribution in [1.82, 2.24) is 4.90 Å². The minimum absolute atomic E-state index is 0.0407. The summed E-state index contributed by atoms with van der Waals surface area (Å²) in [5, 5.41) is 9.02. The van der Waals surface area contributed by atoms with Gasteiger partial charge in [-0.2, -0.15) is 0 Å². The number of nitrogens with zero attached hydrogens (tertiary/aromatic N) is 1. The van der Waals surface area contributed by atoms with Crippen molar-refractivity contribution in [3.05, 3.63) is 35.6 Å². The number of piperidine rings is 1. The van der Waals surface area contributed by atoms with Crippen LogP contribution in [0.3, 0.4) is 0 Å². The van der Waals surface area contributed by atoms with Gasteiger partial charge in [-0.05, 0) is 32.0 Å². The fourth-order valence-corrected chi connectivity index (χ4v) is 2.58. The topological polar surface area (TPSA) is 40.5 Å². The Morgan fingerprint density at radius 2 is 1.94 bits per heavy atom. The third kappa shape index (κ3) is 3.07. The van der Waals surface area contributed by atoms with E-state index in [1.54, 1.807) is 18.2 Å². The van der Waals surface area contributed by atoms with Crippen LogP contribution >= 0.6 is 0 Å². The van der Waals surface area contributed by atoms with Crippen molar-refractivity contribution in [2.24, 2.45) is 0 Å². The second kappa shape index (κ2) is 5.96. The van der Waals surface area contributed by atoms with Crippen LogP contribution in [0.4, 0.5) is 4.39 Å². The first-order chi connectivity index (χ1) is 8.68. The van der Waals surface area contributed by atoms with Crippen LogP contribution in [0.25, 0.3) is 0 Å². The van der Waals surface area contributed by atoms with Gasteiger partial charge in [0.25, 0.3) is 0 Å². The first kappa shape index (κ1) is 13.0. The lowest BCUT2D eigenvalue weighted by Gasteiger charge is -2.34. The second-order valence-electron chi connectivity index (χ2n) is 4.73. The maximum absolute atomic E-state index is 13.8. The molecule has 1 heterocycles. The van der Waals surface area contributed by atoms with Crippen LogP contribution in [-0.4, -0.2) is 29.1 Å². The zero-order chi connectivity index (χ0) is 13.0. The van der Waals surface area contributed by atoms with E-state index in [9.17, 15) is 9.18 Å². The predicted molar refractivity (Wildman–Crippen MR) is 66.8 cm³/mol. The normalized spacial score (nSPS) is 18.5. The Bertz CT molecular complexity index is 416. The molecule has 0 amide bonds. The molecule has 0 aromatic heterocycles. The first-order valence-corrected chi connectivity index (χ1v) is 6.39. The third-order valence-electron chi connectivity index (χ3n) is 3.46. The van der Waals surface area contributed by atoms with E-state index in [-0.39, 0.29) is 18.3 Å². The van der Waals surface area contributed by atoms with Crippen LogP contribution in [-0.2, 0) is 4.79 Å². The highest BCUT2D eigenvalue weighted by atomic mass is 19.1. The molecule has 18 heavy (non-hydrogen) atoms. The zero-order valence-corrected chi connectivity index (χ0v) is 10.3. The maximum atomic E-state index is 13.8. The molecule has 2 rings (SSSR count). The van der Waals surface area contributed by atoms with Gasteiger partial charge in [-0.3, -0.25) is 9.69 Å². The average Bonchev–Trinajstić information content (AvgIpc) is 2.38. The molecule has 0 bridgehead atoms. The molecule has 1 fully saturated rings. The SMILES string of the molecule is O=C(O)CC(c1ccccc1F)N1CCCCC1. The quantitative estimate of drug-likeness (QED) is 0.894. The number of rotatable bonds is 4. The van der Waals surface area contributed by atoms with Crippen LogP contribution < -0.4 is 0 Å². The molecule has 3 nitrogen and oxygen atoms in total. The van der Waals surface area contributed by atoms with E-state index < -0.39 is 5.97 Å². The van der Waals surface area contributed by atoms with Crippen LogP contribution in [0.15, 0.2) is 24.3 Å². The van der Waals surface area contributed by atoms with E-state index in [0.717, 1.165) is 25.9 Å². The highest BCUT2D eigenvalue weighted by Gasteiger charge is 2.26. The molecule has 1 aromatic carbocycles. The molecule has 98 valence electrons. The van der Waals surface area contributed by atoms with Gasteiger partial charge < -0.3 is 5.11 Å². The highest BCUT2D eigenvalue weighted by Crippen LogP contribution is 2.29. The Balaban J connectivity index is 2.24. The molecule has 0 saturated carbocycles. The fraction of sp³-hybridized carbons (Fsp3) is 0.500. The van der Waals surface area contributed by atoms with Crippen molar-refractivity contribution >= 4 is 5.97 Å². The Labute approximate surface area is 106 Å². The Morgan fingerprint density at radius 3 is 2.56 bits per heavy atom. The number of carboxylic acid groups (broad SMARTS) is 1. The summed E-state index contributed by atoms with van der Waals surface area (Å²) in [5.74, 6) is -1.19. The van der Waals surface area contributed by atoms with E-state index in [2.05, 4.69) is 4.90 Å². The summed E-state index contributed by atoms with van der Waals surface area (Å²) >= 11 is 0. The van der Waals surface area contributed by atoms with E-state index in [1.165, 1.54) is 12.5 Å². The van der Waals surface area contributed by atoms with Gasteiger partial charge in [-0.15, -0.1) is 0 Å². The summed E-state index contributed by atoms with van der Waals surface area (Å²) in [5.41, 5.74) is 0.502. The molecule has 1 aliphatic rings. The molecular weight excluding hydrogens is 233 g/mol. The van der Waals surface area contributed by atoms with E-state index >= 15 is 0 Å². The zero-order valence-electron chi connectivity index (χ0n) is 10.3. The van der Waals surface area contributed by atoms with E-state index in [4.69, 9.17) is 5.11 Å². The Hall–Kier alpha value is -1.42. The minimum Gasteiger partial charge on any atom is -0.481 e. The number of carbonyl (C=O) groups is 1. The Morgan fingerprint density at radius 1 is 1.28 bits per heavy atom. The summed E-state index contributed by atoms with van der Waals surface area (Å²) < 4.78 is 13.8. The van der Waals surface area contributed by atoms with Crippen molar-refractivity contribution in [2.75, 3.05) is 13.1 Å². The number of benzene rings is 1. The highest BCUT2D eigenvalue weighted by molar-refractivity contribution is 5.68. The summed E-state index contributed by atoms with van der Waals surface area (Å²) in [6.07, 6.45) is 3.25. The molecule has 1 unspecified atom stereocenters. The molecule has 1 N–H and O–H groups in total. The average molecular weight is 251 g/mol. The van der Waals surface area contributed by atoms with Gasteiger partial charge in [0.1, 0.15) is 5.82 Å². The van der Waals surface area contributed by atoms with Gasteiger partial charge in [-0.1, -0.05) is 24.6 Å². The van der Waals surface area contributed by atoms with Crippen molar-refractivity contribution in [1.29, 1.82) is 0 Å². The number of hydrogen-bond acceptors (Lipinski definition) is 2. The standard InChI is InChI=1S/C14H18FNO2/c15-12-7-3-2-6-11(12)13(10-14(17)18)16-8-4-1-5-9-16/h2-3,6-7,13H,1,4-5,8-10H2,(H,17,18). The second-order valence-corrected chi connectivity index (χ2v) is 4.73. The van der Waals surface area contributed by atoms with Crippen molar-refractivity contribution < 1.29 is 14.3 Å². The van der Waals surface area contributed by atoms with E-state index in [0.29, 0.717) is 5.56 Å². The van der Waals surface area contributed by atoms with Crippen molar-refractivity contribution in [3.8, 4) is 0 Å². The molecule has 0 radical (unpaired) electrons. The largest absolute Gasteiger partial charge is 0.481 e. The lowest BCUT2D eigenvalue weighted by molar-refractivity contribution is -0.138. The molecule has 0 aliphatic carbocycles. The van der Waals surface area contributed by atoms with E-state index in [1.807, 2.05) is 0 Å². The Kier molecular flexibility index (Phi) is 4.31. The third-order valence-corrected chi connectivity index (χ3v) is 3.46. The number of hydrogen-bond donors (Lipinski definition) is 1. The van der Waals surface area contributed by atoms with Gasteiger partial charge in [-0.25, -0.2) is 4.39 Å². The van der Waals surface area contributed by atoms with Gasteiger partial charge in [0, 0.05) is 11.6 Å². The molecule has 0 spiro atoms. The lowest BCUT2D eigenvalue weighted by Crippen LogP contribution is -2.35. The number of carboxylic acids is 1. The summed E-state index contributed by atoms with van der Waals surface area (Å²) in [6.45, 7) is 1.71. The predicted octanol–water partition coefficient (Wildman–Crippen LogP) is 2.83. The molecular formula is C14H18FNO2. The van der Waals surface area contributed by atoms with Gasteiger partial charge in [0.2, 0.25) is 0 Å². The van der Waals surface area contributed by atoms with Crippen LogP contribution in [0.1, 0.15) is 37.3 Å². The summed E-state index contributed by atoms with van der Waals surface area (Å²) in [7, 11) is 0. The minimum atomic E-state index is -0.881. The summed E-state index contributed by atoms with van der Waals surface area (Å²) in [4.78, 5) is 13.1. The van der Waals surface area contributed by atoms with Crippen molar-refractivity contribution in [3.63, 3.8) is 0 Å². The fourth-order valence-electron chi connectivity index (χ4n) is 2.58. The van der Waals surface area contributed by atoms with Crippen LogP contribution in [0.2, 0.25) is 0 Å². The molecule has 1 aliphatic heterocycles. The number of halogens is 1. The number of aliphatic carboxylic acids is 1. The monoisotopic (exact) mass is 251 g/mol.